The molecule has 0 saturated heterocycles. The first-order valence-corrected chi connectivity index (χ1v) is 7.96. The van der Waals surface area contributed by atoms with Gasteiger partial charge in [0.05, 0.1) is 6.54 Å². The summed E-state index contributed by atoms with van der Waals surface area (Å²) >= 11 is 3.48. The molecule has 0 aliphatic rings. The molecule has 2 aromatic heterocycles. The number of halogens is 2. The van der Waals surface area contributed by atoms with Crippen LogP contribution >= 0.6 is 28.3 Å². The highest BCUT2D eigenvalue weighted by atomic mass is 79.9. The molecule has 0 aliphatic carbocycles. The van der Waals surface area contributed by atoms with Crippen LogP contribution in [0.1, 0.15) is 16.9 Å². The van der Waals surface area contributed by atoms with Gasteiger partial charge in [0.15, 0.2) is 0 Å². The fourth-order valence-corrected chi connectivity index (χ4v) is 2.83. The third kappa shape index (κ3) is 4.67. The minimum absolute atomic E-state index is 0. The number of rotatable bonds is 5. The Morgan fingerprint density at radius 2 is 2.00 bits per heavy atom. The molecule has 0 spiro atoms. The fraction of sp³-hybridized carbons (Fsp3) is 0.167. The minimum atomic E-state index is 0. The molecule has 0 atom stereocenters. The van der Waals surface area contributed by atoms with Crippen molar-refractivity contribution >= 4 is 28.3 Å². The largest absolute Gasteiger partial charge is 0.460 e. The number of nitrogens with zero attached hydrogens (tertiary/aromatic N) is 1. The normalized spacial score (nSPS) is 10.3. The van der Waals surface area contributed by atoms with E-state index in [1.54, 1.807) is 6.20 Å². The lowest BCUT2D eigenvalue weighted by Crippen LogP contribution is -2.12. The summed E-state index contributed by atoms with van der Waals surface area (Å²) in [6.45, 7) is 3.56. The summed E-state index contributed by atoms with van der Waals surface area (Å²) < 4.78 is 7.02. The molecule has 0 aliphatic heterocycles. The maximum Gasteiger partial charge on any atom is 0.134 e. The Bertz CT molecular complexity index is 759. The number of nitrogens with one attached hydrogen (secondary N) is 1. The minimum Gasteiger partial charge on any atom is -0.460 e. The van der Waals surface area contributed by atoms with Crippen LogP contribution in [0.3, 0.4) is 0 Å². The fourth-order valence-electron chi connectivity index (χ4n) is 2.35. The van der Waals surface area contributed by atoms with Gasteiger partial charge < -0.3 is 9.73 Å². The van der Waals surface area contributed by atoms with E-state index in [1.165, 1.54) is 5.56 Å². The molecule has 3 rings (SSSR count). The van der Waals surface area contributed by atoms with Crippen molar-refractivity contribution in [2.75, 3.05) is 0 Å². The zero-order valence-corrected chi connectivity index (χ0v) is 15.2. The maximum absolute atomic E-state index is 5.93. The molecule has 0 bridgehead atoms. The molecule has 3 nitrogen and oxygen atoms in total. The Morgan fingerprint density at radius 3 is 2.74 bits per heavy atom. The standard InChI is InChI=1S/C18H17BrN2O.ClH/c1-13-9-15(19)4-6-17(13)18-7-5-16(22-18)12-21-11-14-3-2-8-20-10-14;/h2-10,21H,11-12H2,1H3;1H. The van der Waals surface area contributed by atoms with Gasteiger partial charge in [0, 0.05) is 29.0 Å². The molecule has 1 aromatic carbocycles. The molecule has 0 saturated carbocycles. The van der Waals surface area contributed by atoms with Gasteiger partial charge in [-0.05, 0) is 54.4 Å². The Hall–Kier alpha value is -1.62. The molecule has 0 unspecified atom stereocenters. The van der Waals surface area contributed by atoms with E-state index < -0.39 is 0 Å². The Labute approximate surface area is 150 Å². The summed E-state index contributed by atoms with van der Waals surface area (Å²) in [5, 5.41) is 3.37. The van der Waals surface area contributed by atoms with E-state index in [2.05, 4.69) is 51.4 Å². The summed E-state index contributed by atoms with van der Waals surface area (Å²) in [5.41, 5.74) is 3.48. The molecule has 1 N–H and O–H groups in total. The van der Waals surface area contributed by atoms with Gasteiger partial charge in [0.2, 0.25) is 0 Å². The number of aromatic nitrogens is 1. The van der Waals surface area contributed by atoms with Crippen molar-refractivity contribution < 1.29 is 4.42 Å². The van der Waals surface area contributed by atoms with E-state index in [-0.39, 0.29) is 12.4 Å². The molecule has 2 heterocycles. The molecule has 0 radical (unpaired) electrons. The van der Waals surface area contributed by atoms with Crippen LogP contribution in [-0.2, 0) is 13.1 Å². The van der Waals surface area contributed by atoms with Crippen molar-refractivity contribution in [3.8, 4) is 11.3 Å². The zero-order valence-electron chi connectivity index (χ0n) is 12.8. The molecule has 23 heavy (non-hydrogen) atoms. The highest BCUT2D eigenvalue weighted by Gasteiger charge is 2.07. The zero-order chi connectivity index (χ0) is 15.4. The molecule has 5 heteroatoms. The molecule has 0 fully saturated rings. The lowest BCUT2D eigenvalue weighted by Gasteiger charge is -2.04. The lowest BCUT2D eigenvalue weighted by atomic mass is 10.1. The Morgan fingerprint density at radius 1 is 1.13 bits per heavy atom. The van der Waals surface area contributed by atoms with Gasteiger partial charge in [0.1, 0.15) is 11.5 Å². The Balaban J connectivity index is 0.00000192. The first-order valence-electron chi connectivity index (χ1n) is 7.17. The lowest BCUT2D eigenvalue weighted by molar-refractivity contribution is 0.493. The number of aryl methyl sites for hydroxylation is 1. The first kappa shape index (κ1) is 17.7. The van der Waals surface area contributed by atoms with Gasteiger partial charge in [-0.25, -0.2) is 0 Å². The van der Waals surface area contributed by atoms with Crippen molar-refractivity contribution in [1.29, 1.82) is 0 Å². The van der Waals surface area contributed by atoms with E-state index in [4.69, 9.17) is 4.42 Å². The predicted octanol–water partition coefficient (Wildman–Crippen LogP) is 5.12. The van der Waals surface area contributed by atoms with Crippen LogP contribution in [0, 0.1) is 6.92 Å². The van der Waals surface area contributed by atoms with Gasteiger partial charge in [-0.3, -0.25) is 4.98 Å². The Kier molecular flexibility index (Phi) is 6.39. The highest BCUT2D eigenvalue weighted by Crippen LogP contribution is 2.27. The number of hydrogen-bond acceptors (Lipinski definition) is 3. The second-order valence-corrected chi connectivity index (χ2v) is 6.11. The van der Waals surface area contributed by atoms with Crippen molar-refractivity contribution in [3.05, 3.63) is 76.2 Å². The van der Waals surface area contributed by atoms with E-state index in [0.29, 0.717) is 6.54 Å². The summed E-state index contributed by atoms with van der Waals surface area (Å²) in [4.78, 5) is 4.10. The smallest absolute Gasteiger partial charge is 0.134 e. The number of pyridine rings is 1. The van der Waals surface area contributed by atoms with Gasteiger partial charge in [-0.1, -0.05) is 22.0 Å². The number of benzene rings is 1. The van der Waals surface area contributed by atoms with E-state index >= 15 is 0 Å². The summed E-state index contributed by atoms with van der Waals surface area (Å²) in [6, 6.07) is 14.2. The average Bonchev–Trinajstić information content (AvgIpc) is 2.97. The molecular weight excluding hydrogens is 376 g/mol. The number of furan rings is 1. The predicted molar refractivity (Wildman–Crippen MR) is 98.6 cm³/mol. The number of hydrogen-bond donors (Lipinski definition) is 1. The van der Waals surface area contributed by atoms with E-state index in [1.807, 2.05) is 30.5 Å². The second kappa shape index (κ2) is 8.29. The highest BCUT2D eigenvalue weighted by molar-refractivity contribution is 9.10. The van der Waals surface area contributed by atoms with Crippen LogP contribution < -0.4 is 5.32 Å². The van der Waals surface area contributed by atoms with Gasteiger partial charge in [0.25, 0.3) is 0 Å². The van der Waals surface area contributed by atoms with Crippen LogP contribution in [0.4, 0.5) is 0 Å². The molecule has 0 amide bonds. The summed E-state index contributed by atoms with van der Waals surface area (Å²) in [6.07, 6.45) is 3.65. The van der Waals surface area contributed by atoms with Crippen molar-refractivity contribution in [2.45, 2.75) is 20.0 Å². The maximum atomic E-state index is 5.93. The second-order valence-electron chi connectivity index (χ2n) is 5.19. The van der Waals surface area contributed by atoms with E-state index in [0.717, 1.165) is 33.7 Å². The van der Waals surface area contributed by atoms with Crippen molar-refractivity contribution in [1.82, 2.24) is 10.3 Å². The SMILES string of the molecule is Cc1cc(Br)ccc1-c1ccc(CNCc2cccnc2)o1.Cl. The van der Waals surface area contributed by atoms with E-state index in [9.17, 15) is 0 Å². The quantitative estimate of drug-likeness (QED) is 0.653. The molecule has 120 valence electrons. The monoisotopic (exact) mass is 392 g/mol. The van der Waals surface area contributed by atoms with Crippen LogP contribution in [0.5, 0.6) is 0 Å². The van der Waals surface area contributed by atoms with Gasteiger partial charge in [-0.2, -0.15) is 0 Å². The summed E-state index contributed by atoms with van der Waals surface area (Å²) in [7, 11) is 0. The van der Waals surface area contributed by atoms with Crippen molar-refractivity contribution in [3.63, 3.8) is 0 Å². The third-order valence-corrected chi connectivity index (χ3v) is 3.96. The van der Waals surface area contributed by atoms with Gasteiger partial charge >= 0.3 is 0 Å². The van der Waals surface area contributed by atoms with Gasteiger partial charge in [-0.15, -0.1) is 12.4 Å². The van der Waals surface area contributed by atoms with Crippen molar-refractivity contribution in [2.24, 2.45) is 0 Å². The summed E-state index contributed by atoms with van der Waals surface area (Å²) in [5.74, 6) is 1.84. The first-order chi connectivity index (χ1) is 10.7. The average molecular weight is 394 g/mol. The van der Waals surface area contributed by atoms with Crippen LogP contribution in [0.25, 0.3) is 11.3 Å². The van der Waals surface area contributed by atoms with Crippen LogP contribution in [0.15, 0.2) is 63.7 Å². The third-order valence-electron chi connectivity index (χ3n) is 3.47. The topological polar surface area (TPSA) is 38.1 Å². The van der Waals surface area contributed by atoms with Crippen LogP contribution in [-0.4, -0.2) is 4.98 Å². The molecular formula is C18H18BrClN2O. The molecule has 3 aromatic rings. The van der Waals surface area contributed by atoms with Crippen LogP contribution in [0.2, 0.25) is 0 Å².